The Kier molecular flexibility index (Phi) is 3.76. The van der Waals surface area contributed by atoms with Gasteiger partial charge in [-0.25, -0.2) is 9.37 Å². The van der Waals surface area contributed by atoms with Crippen molar-refractivity contribution in [2.75, 3.05) is 0 Å². The summed E-state index contributed by atoms with van der Waals surface area (Å²) >= 11 is 5.94. The monoisotopic (exact) mass is 254 g/mol. The molecule has 0 unspecified atom stereocenters. The van der Waals surface area contributed by atoms with Gasteiger partial charge in [0.25, 0.3) is 0 Å². The van der Waals surface area contributed by atoms with Gasteiger partial charge in [0.1, 0.15) is 11.6 Å². The van der Waals surface area contributed by atoms with E-state index in [0.29, 0.717) is 24.0 Å². The van der Waals surface area contributed by atoms with Gasteiger partial charge in [-0.3, -0.25) is 0 Å². The molecule has 2 aromatic rings. The summed E-state index contributed by atoms with van der Waals surface area (Å²) in [6.07, 6.45) is 1.66. The van der Waals surface area contributed by atoms with Crippen molar-refractivity contribution in [3.63, 3.8) is 0 Å². The highest BCUT2D eigenvalue weighted by molar-refractivity contribution is 6.31. The van der Waals surface area contributed by atoms with Crippen LogP contribution in [-0.2, 0) is 13.1 Å². The molecule has 0 radical (unpaired) electrons. The van der Waals surface area contributed by atoms with Crippen LogP contribution in [0.4, 0.5) is 4.39 Å². The van der Waals surface area contributed by atoms with Crippen LogP contribution in [0.3, 0.4) is 0 Å². The zero-order valence-electron chi connectivity index (χ0n) is 9.34. The molecular formula is C12H12ClFN2O. The maximum absolute atomic E-state index is 13.0. The molecule has 2 rings (SSSR count). The Morgan fingerprint density at radius 1 is 1.41 bits per heavy atom. The summed E-state index contributed by atoms with van der Waals surface area (Å²) in [5, 5.41) is 3.64. The van der Waals surface area contributed by atoms with Gasteiger partial charge in [-0.1, -0.05) is 11.6 Å². The second-order valence-electron chi connectivity index (χ2n) is 3.70. The fraction of sp³-hybridized carbons (Fsp3) is 0.250. The first-order valence-corrected chi connectivity index (χ1v) is 5.59. The van der Waals surface area contributed by atoms with E-state index in [4.69, 9.17) is 16.0 Å². The summed E-state index contributed by atoms with van der Waals surface area (Å²) in [7, 11) is 0. The van der Waals surface area contributed by atoms with Gasteiger partial charge >= 0.3 is 0 Å². The third-order valence-electron chi connectivity index (χ3n) is 2.27. The van der Waals surface area contributed by atoms with Gasteiger partial charge in [0.05, 0.1) is 12.7 Å². The summed E-state index contributed by atoms with van der Waals surface area (Å²) in [4.78, 5) is 4.05. The quantitative estimate of drug-likeness (QED) is 0.911. The minimum atomic E-state index is -0.293. The molecule has 3 nitrogen and oxygen atoms in total. The highest BCUT2D eigenvalue weighted by Gasteiger charge is 2.03. The summed E-state index contributed by atoms with van der Waals surface area (Å²) in [6.45, 7) is 2.79. The molecule has 90 valence electrons. The van der Waals surface area contributed by atoms with E-state index in [2.05, 4.69) is 10.3 Å². The zero-order valence-corrected chi connectivity index (χ0v) is 10.1. The van der Waals surface area contributed by atoms with E-state index < -0.39 is 0 Å². The van der Waals surface area contributed by atoms with E-state index >= 15 is 0 Å². The molecule has 1 N–H and O–H groups in total. The molecule has 0 amide bonds. The fourth-order valence-corrected chi connectivity index (χ4v) is 1.65. The lowest BCUT2D eigenvalue weighted by Crippen LogP contribution is -2.13. The molecule has 0 atom stereocenters. The predicted molar refractivity (Wildman–Crippen MR) is 63.2 cm³/mol. The second-order valence-corrected chi connectivity index (χ2v) is 4.11. The summed E-state index contributed by atoms with van der Waals surface area (Å²) in [5.41, 5.74) is 0.718. The first-order valence-electron chi connectivity index (χ1n) is 5.21. The van der Waals surface area contributed by atoms with Crippen LogP contribution in [0, 0.1) is 12.7 Å². The van der Waals surface area contributed by atoms with Crippen LogP contribution in [-0.4, -0.2) is 4.98 Å². The number of aryl methyl sites for hydroxylation is 1. The molecule has 0 saturated heterocycles. The first-order chi connectivity index (χ1) is 8.15. The van der Waals surface area contributed by atoms with Crippen LogP contribution < -0.4 is 5.32 Å². The van der Waals surface area contributed by atoms with Crippen molar-refractivity contribution in [2.45, 2.75) is 20.0 Å². The number of halogens is 2. The van der Waals surface area contributed by atoms with E-state index in [1.54, 1.807) is 12.3 Å². The van der Waals surface area contributed by atoms with Crippen molar-refractivity contribution in [2.24, 2.45) is 0 Å². The smallest absolute Gasteiger partial charge is 0.208 e. The number of aromatic nitrogens is 1. The number of nitrogens with zero attached hydrogens (tertiary/aromatic N) is 1. The Balaban J connectivity index is 1.91. The van der Waals surface area contributed by atoms with Crippen molar-refractivity contribution in [1.82, 2.24) is 10.3 Å². The largest absolute Gasteiger partial charge is 0.445 e. The Hall–Kier alpha value is -1.39. The van der Waals surface area contributed by atoms with E-state index in [-0.39, 0.29) is 5.82 Å². The highest BCUT2D eigenvalue weighted by atomic mass is 35.5. The van der Waals surface area contributed by atoms with E-state index in [1.165, 1.54) is 12.1 Å². The van der Waals surface area contributed by atoms with Crippen molar-refractivity contribution in [3.05, 3.63) is 52.5 Å². The van der Waals surface area contributed by atoms with Gasteiger partial charge in [-0.05, 0) is 30.7 Å². The molecule has 0 aliphatic heterocycles. The Morgan fingerprint density at radius 2 is 2.24 bits per heavy atom. The Bertz CT molecular complexity index is 513. The molecule has 5 heteroatoms. The molecule has 0 spiro atoms. The SMILES string of the molecule is Cc1cnc(CNCc2cc(F)ccc2Cl)o1. The van der Waals surface area contributed by atoms with Crippen molar-refractivity contribution in [3.8, 4) is 0 Å². The van der Waals surface area contributed by atoms with Crippen LogP contribution >= 0.6 is 11.6 Å². The molecule has 0 aliphatic rings. The highest BCUT2D eigenvalue weighted by Crippen LogP contribution is 2.16. The van der Waals surface area contributed by atoms with Gasteiger partial charge in [-0.2, -0.15) is 0 Å². The number of oxazole rings is 1. The van der Waals surface area contributed by atoms with Gasteiger partial charge < -0.3 is 9.73 Å². The van der Waals surface area contributed by atoms with Gasteiger partial charge in [0.15, 0.2) is 0 Å². The maximum atomic E-state index is 13.0. The van der Waals surface area contributed by atoms with Gasteiger partial charge in [0.2, 0.25) is 5.89 Å². The lowest BCUT2D eigenvalue weighted by Gasteiger charge is -2.05. The standard InChI is InChI=1S/C12H12ClFN2O/c1-8-5-16-12(17-8)7-15-6-9-4-10(14)2-3-11(9)13/h2-5,15H,6-7H2,1H3. The topological polar surface area (TPSA) is 38.1 Å². The summed E-state index contributed by atoms with van der Waals surface area (Å²) in [6, 6.07) is 4.29. The number of benzene rings is 1. The first kappa shape index (κ1) is 12.1. The normalized spacial score (nSPS) is 10.8. The Labute approximate surface area is 104 Å². The Morgan fingerprint density at radius 3 is 2.94 bits per heavy atom. The lowest BCUT2D eigenvalue weighted by atomic mass is 10.2. The van der Waals surface area contributed by atoms with Crippen LogP contribution in [0.5, 0.6) is 0 Å². The van der Waals surface area contributed by atoms with Crippen molar-refractivity contribution < 1.29 is 8.81 Å². The van der Waals surface area contributed by atoms with Gasteiger partial charge in [-0.15, -0.1) is 0 Å². The number of hydrogen-bond donors (Lipinski definition) is 1. The maximum Gasteiger partial charge on any atom is 0.208 e. The van der Waals surface area contributed by atoms with Crippen LogP contribution in [0.2, 0.25) is 5.02 Å². The summed E-state index contributed by atoms with van der Waals surface area (Å²) in [5.74, 6) is 1.08. The molecule has 0 saturated carbocycles. The molecule has 0 bridgehead atoms. The minimum absolute atomic E-state index is 0.293. The molecule has 17 heavy (non-hydrogen) atoms. The van der Waals surface area contributed by atoms with Crippen LogP contribution in [0.25, 0.3) is 0 Å². The van der Waals surface area contributed by atoms with E-state index in [0.717, 1.165) is 11.3 Å². The van der Waals surface area contributed by atoms with Gasteiger partial charge in [0, 0.05) is 11.6 Å². The zero-order chi connectivity index (χ0) is 12.3. The number of nitrogens with one attached hydrogen (secondary N) is 1. The minimum Gasteiger partial charge on any atom is -0.445 e. The van der Waals surface area contributed by atoms with Crippen LogP contribution in [0.1, 0.15) is 17.2 Å². The predicted octanol–water partition coefficient (Wildman–Crippen LogP) is 3.07. The fourth-order valence-electron chi connectivity index (χ4n) is 1.47. The molecule has 0 fully saturated rings. The third kappa shape index (κ3) is 3.28. The van der Waals surface area contributed by atoms with E-state index in [9.17, 15) is 4.39 Å². The third-order valence-corrected chi connectivity index (χ3v) is 2.64. The molecule has 1 heterocycles. The molecule has 1 aromatic heterocycles. The number of hydrogen-bond acceptors (Lipinski definition) is 3. The molecule has 0 aliphatic carbocycles. The average Bonchev–Trinajstić information content (AvgIpc) is 2.69. The van der Waals surface area contributed by atoms with E-state index in [1.807, 2.05) is 6.92 Å². The molecule has 1 aromatic carbocycles. The van der Waals surface area contributed by atoms with Crippen LogP contribution in [0.15, 0.2) is 28.8 Å². The second kappa shape index (κ2) is 5.29. The molecular weight excluding hydrogens is 243 g/mol. The summed E-state index contributed by atoms with van der Waals surface area (Å²) < 4.78 is 18.3. The van der Waals surface area contributed by atoms with Crippen molar-refractivity contribution >= 4 is 11.6 Å². The number of rotatable bonds is 4. The average molecular weight is 255 g/mol. The van der Waals surface area contributed by atoms with Crippen molar-refractivity contribution in [1.29, 1.82) is 0 Å². The lowest BCUT2D eigenvalue weighted by molar-refractivity contribution is 0.449.